The van der Waals surface area contributed by atoms with Gasteiger partial charge in [-0.3, -0.25) is 9.59 Å². The molecule has 2 amide bonds. The molecule has 5 nitrogen and oxygen atoms in total. The van der Waals surface area contributed by atoms with E-state index in [4.69, 9.17) is 0 Å². The van der Waals surface area contributed by atoms with Crippen LogP contribution in [0.5, 0.6) is 0 Å². The van der Waals surface area contributed by atoms with Crippen LogP contribution in [-0.4, -0.2) is 62.4 Å². The Balaban J connectivity index is 3.77. The standard InChI is InChI=1S/C12H25N3O2/c1-5-6-10-15(4)12(17)11(16)13-8-7-9-14(2)3/h5-10H2,1-4H3,(H,13,16). The summed E-state index contributed by atoms with van der Waals surface area (Å²) >= 11 is 0. The Morgan fingerprint density at radius 2 is 1.71 bits per heavy atom. The van der Waals surface area contributed by atoms with E-state index in [1.807, 2.05) is 19.0 Å². The fourth-order valence-corrected chi connectivity index (χ4v) is 1.34. The molecule has 0 atom stereocenters. The molecule has 0 fully saturated rings. The monoisotopic (exact) mass is 243 g/mol. The van der Waals surface area contributed by atoms with Gasteiger partial charge in [-0.15, -0.1) is 0 Å². The summed E-state index contributed by atoms with van der Waals surface area (Å²) in [5.74, 6) is -0.939. The molecule has 100 valence electrons. The number of hydrogen-bond donors (Lipinski definition) is 1. The summed E-state index contributed by atoms with van der Waals surface area (Å²) in [6.45, 7) is 4.14. The fraction of sp³-hybridized carbons (Fsp3) is 0.833. The van der Waals surface area contributed by atoms with E-state index in [-0.39, 0.29) is 0 Å². The molecule has 0 aromatic rings. The number of unbranched alkanes of at least 4 members (excludes halogenated alkanes) is 1. The zero-order valence-electron chi connectivity index (χ0n) is 11.5. The van der Waals surface area contributed by atoms with Crippen LogP contribution in [-0.2, 0) is 9.59 Å². The Kier molecular flexibility index (Phi) is 8.40. The number of rotatable bonds is 7. The van der Waals surface area contributed by atoms with Gasteiger partial charge >= 0.3 is 11.8 Å². The summed E-state index contributed by atoms with van der Waals surface area (Å²) in [6, 6.07) is 0. The first-order chi connectivity index (χ1) is 7.99. The maximum Gasteiger partial charge on any atom is 0.311 e. The van der Waals surface area contributed by atoms with Crippen molar-refractivity contribution in [2.24, 2.45) is 0 Å². The molecule has 0 aliphatic heterocycles. The smallest absolute Gasteiger partial charge is 0.311 e. The van der Waals surface area contributed by atoms with Crippen LogP contribution in [0.3, 0.4) is 0 Å². The molecule has 0 spiro atoms. The van der Waals surface area contributed by atoms with Gasteiger partial charge in [-0.05, 0) is 33.5 Å². The van der Waals surface area contributed by atoms with Crippen molar-refractivity contribution in [1.82, 2.24) is 15.1 Å². The predicted molar refractivity (Wildman–Crippen MR) is 68.7 cm³/mol. The van der Waals surface area contributed by atoms with Gasteiger partial charge in [0.15, 0.2) is 0 Å². The average molecular weight is 243 g/mol. The van der Waals surface area contributed by atoms with Crippen molar-refractivity contribution < 1.29 is 9.59 Å². The van der Waals surface area contributed by atoms with Crippen molar-refractivity contribution in [1.29, 1.82) is 0 Å². The number of likely N-dealkylation sites (N-methyl/N-ethyl adjacent to an activating group) is 1. The number of carbonyl (C=O) groups excluding carboxylic acids is 2. The van der Waals surface area contributed by atoms with Gasteiger partial charge < -0.3 is 15.1 Å². The molecular formula is C12H25N3O2. The SMILES string of the molecule is CCCCN(C)C(=O)C(=O)NCCCN(C)C. The number of carbonyl (C=O) groups is 2. The molecule has 0 saturated carbocycles. The van der Waals surface area contributed by atoms with Crippen LogP contribution in [0.4, 0.5) is 0 Å². The normalized spacial score (nSPS) is 10.4. The lowest BCUT2D eigenvalue weighted by Gasteiger charge is -2.16. The summed E-state index contributed by atoms with van der Waals surface area (Å²) in [4.78, 5) is 26.6. The van der Waals surface area contributed by atoms with E-state index < -0.39 is 11.8 Å². The second-order valence-electron chi connectivity index (χ2n) is 4.49. The zero-order chi connectivity index (χ0) is 13.3. The van der Waals surface area contributed by atoms with E-state index in [9.17, 15) is 9.59 Å². The maximum atomic E-state index is 11.6. The van der Waals surface area contributed by atoms with E-state index in [2.05, 4.69) is 12.2 Å². The molecule has 17 heavy (non-hydrogen) atoms. The molecule has 1 N–H and O–H groups in total. The zero-order valence-corrected chi connectivity index (χ0v) is 11.5. The van der Waals surface area contributed by atoms with Gasteiger partial charge in [-0.25, -0.2) is 0 Å². The molecule has 0 radical (unpaired) electrons. The van der Waals surface area contributed by atoms with Gasteiger partial charge in [0.1, 0.15) is 0 Å². The quantitative estimate of drug-likeness (QED) is 0.517. The van der Waals surface area contributed by atoms with Crippen LogP contribution in [0.2, 0.25) is 0 Å². The minimum absolute atomic E-state index is 0.441. The molecule has 5 heteroatoms. The maximum absolute atomic E-state index is 11.6. The minimum Gasteiger partial charge on any atom is -0.348 e. The molecular weight excluding hydrogens is 218 g/mol. The van der Waals surface area contributed by atoms with E-state index >= 15 is 0 Å². The predicted octanol–water partition coefficient (Wildman–Crippen LogP) is 0.313. The molecule has 0 aromatic carbocycles. The summed E-state index contributed by atoms with van der Waals surface area (Å²) in [6.07, 6.45) is 2.79. The Bertz CT molecular complexity index is 242. The van der Waals surface area contributed by atoms with E-state index in [1.54, 1.807) is 7.05 Å². The van der Waals surface area contributed by atoms with Crippen LogP contribution in [0.25, 0.3) is 0 Å². The van der Waals surface area contributed by atoms with Crippen LogP contribution < -0.4 is 5.32 Å². The number of hydrogen-bond acceptors (Lipinski definition) is 3. The van der Waals surface area contributed by atoms with Gasteiger partial charge in [0.2, 0.25) is 0 Å². The summed E-state index contributed by atoms with van der Waals surface area (Å²) < 4.78 is 0. The average Bonchev–Trinajstić information content (AvgIpc) is 2.30. The molecule has 0 bridgehead atoms. The third-order valence-electron chi connectivity index (χ3n) is 2.46. The topological polar surface area (TPSA) is 52.7 Å². The van der Waals surface area contributed by atoms with Crippen LogP contribution in [0, 0.1) is 0 Å². The first-order valence-electron chi connectivity index (χ1n) is 6.17. The molecule has 0 heterocycles. The third-order valence-corrected chi connectivity index (χ3v) is 2.46. The number of nitrogens with zero attached hydrogens (tertiary/aromatic N) is 2. The molecule has 0 unspecified atom stereocenters. The molecule has 0 aliphatic rings. The van der Waals surface area contributed by atoms with Crippen LogP contribution in [0.1, 0.15) is 26.2 Å². The van der Waals surface area contributed by atoms with Crippen molar-refractivity contribution in [3.05, 3.63) is 0 Å². The Morgan fingerprint density at radius 1 is 1.06 bits per heavy atom. The Morgan fingerprint density at radius 3 is 2.24 bits per heavy atom. The van der Waals surface area contributed by atoms with Crippen molar-refractivity contribution in [3.8, 4) is 0 Å². The summed E-state index contributed by atoms with van der Waals surface area (Å²) in [5.41, 5.74) is 0. The van der Waals surface area contributed by atoms with Crippen molar-refractivity contribution in [2.45, 2.75) is 26.2 Å². The Hall–Kier alpha value is -1.10. The molecule has 0 rings (SSSR count). The highest BCUT2D eigenvalue weighted by Crippen LogP contribution is 1.92. The van der Waals surface area contributed by atoms with Crippen molar-refractivity contribution >= 4 is 11.8 Å². The van der Waals surface area contributed by atoms with E-state index in [0.29, 0.717) is 13.1 Å². The highest BCUT2D eigenvalue weighted by atomic mass is 16.2. The minimum atomic E-state index is -0.498. The lowest BCUT2D eigenvalue weighted by Crippen LogP contribution is -2.42. The summed E-state index contributed by atoms with van der Waals surface area (Å²) in [5, 5.41) is 2.64. The first kappa shape index (κ1) is 15.9. The molecule has 0 aromatic heterocycles. The van der Waals surface area contributed by atoms with Gasteiger partial charge in [0, 0.05) is 20.1 Å². The lowest BCUT2D eigenvalue weighted by atomic mass is 10.3. The van der Waals surface area contributed by atoms with E-state index in [1.165, 1.54) is 4.90 Å². The van der Waals surface area contributed by atoms with E-state index in [0.717, 1.165) is 25.8 Å². The lowest BCUT2D eigenvalue weighted by molar-refractivity contribution is -0.145. The second kappa shape index (κ2) is 8.98. The molecule has 0 aliphatic carbocycles. The van der Waals surface area contributed by atoms with Gasteiger partial charge in [-0.2, -0.15) is 0 Å². The molecule has 0 saturated heterocycles. The first-order valence-corrected chi connectivity index (χ1v) is 6.17. The van der Waals surface area contributed by atoms with Crippen LogP contribution in [0.15, 0.2) is 0 Å². The number of amides is 2. The van der Waals surface area contributed by atoms with Gasteiger partial charge in [0.25, 0.3) is 0 Å². The van der Waals surface area contributed by atoms with Gasteiger partial charge in [-0.1, -0.05) is 13.3 Å². The number of nitrogens with one attached hydrogen (secondary N) is 1. The highest BCUT2D eigenvalue weighted by Gasteiger charge is 2.17. The van der Waals surface area contributed by atoms with Crippen LogP contribution >= 0.6 is 0 Å². The third kappa shape index (κ3) is 7.74. The Labute approximate surface area is 104 Å². The van der Waals surface area contributed by atoms with Gasteiger partial charge in [0.05, 0.1) is 0 Å². The van der Waals surface area contributed by atoms with Crippen molar-refractivity contribution in [2.75, 3.05) is 40.8 Å². The summed E-state index contributed by atoms with van der Waals surface area (Å²) in [7, 11) is 5.62. The second-order valence-corrected chi connectivity index (χ2v) is 4.49. The highest BCUT2D eigenvalue weighted by molar-refractivity contribution is 6.34. The fourth-order valence-electron chi connectivity index (χ4n) is 1.34. The largest absolute Gasteiger partial charge is 0.348 e. The van der Waals surface area contributed by atoms with Crippen molar-refractivity contribution in [3.63, 3.8) is 0 Å².